The van der Waals surface area contributed by atoms with Crippen LogP contribution in [0.5, 0.6) is 5.75 Å². The third kappa shape index (κ3) is 4.23. The molecule has 0 aliphatic rings. The second kappa shape index (κ2) is 6.63. The summed E-state index contributed by atoms with van der Waals surface area (Å²) < 4.78 is 7.29. The van der Waals surface area contributed by atoms with Crippen LogP contribution in [-0.2, 0) is 18.4 Å². The summed E-state index contributed by atoms with van der Waals surface area (Å²) in [5.41, 5.74) is 1.89. The molecule has 2 rings (SSSR count). The molecule has 1 aromatic carbocycles. The Morgan fingerprint density at radius 1 is 1.52 bits per heavy atom. The van der Waals surface area contributed by atoms with Gasteiger partial charge in [0.05, 0.1) is 5.69 Å². The number of benzene rings is 1. The first-order chi connectivity index (χ1) is 9.95. The molecule has 0 saturated carbocycles. The van der Waals surface area contributed by atoms with Crippen molar-refractivity contribution < 1.29 is 9.53 Å². The third-order valence-electron chi connectivity index (χ3n) is 3.05. The molecule has 0 aliphatic carbocycles. The number of nitrogens with one attached hydrogen (secondary N) is 1. The molecule has 6 heteroatoms. The molecule has 21 heavy (non-hydrogen) atoms. The lowest BCUT2D eigenvalue weighted by Gasteiger charge is -2.14. The molecule has 112 valence electrons. The van der Waals surface area contributed by atoms with Gasteiger partial charge in [-0.1, -0.05) is 17.7 Å². The van der Waals surface area contributed by atoms with Crippen molar-refractivity contribution in [3.8, 4) is 5.75 Å². The Bertz CT molecular complexity index is 640. The van der Waals surface area contributed by atoms with E-state index in [2.05, 4.69) is 10.4 Å². The van der Waals surface area contributed by atoms with Crippen LogP contribution in [0.15, 0.2) is 30.5 Å². The number of hydrogen-bond acceptors (Lipinski definition) is 3. The van der Waals surface area contributed by atoms with Crippen LogP contribution in [0.3, 0.4) is 0 Å². The first-order valence-electron chi connectivity index (χ1n) is 6.65. The van der Waals surface area contributed by atoms with Crippen molar-refractivity contribution in [3.05, 3.63) is 46.7 Å². The second-order valence-electron chi connectivity index (χ2n) is 4.85. The van der Waals surface area contributed by atoms with E-state index in [1.807, 2.05) is 20.2 Å². The van der Waals surface area contributed by atoms with E-state index in [1.165, 1.54) is 0 Å². The highest BCUT2D eigenvalue weighted by molar-refractivity contribution is 6.30. The van der Waals surface area contributed by atoms with Gasteiger partial charge in [0.15, 0.2) is 6.10 Å². The average Bonchev–Trinajstić information content (AvgIpc) is 2.74. The first-order valence-corrected chi connectivity index (χ1v) is 7.02. The van der Waals surface area contributed by atoms with Crippen molar-refractivity contribution in [3.63, 3.8) is 0 Å². The van der Waals surface area contributed by atoms with E-state index < -0.39 is 6.10 Å². The van der Waals surface area contributed by atoms with Gasteiger partial charge in [-0.25, -0.2) is 0 Å². The van der Waals surface area contributed by atoms with Gasteiger partial charge in [0, 0.05) is 30.4 Å². The number of aryl methyl sites for hydroxylation is 2. The SMILES string of the molecule is Cc1nn(C)cc1CNC(=O)[C@H](C)Oc1cccc(Cl)c1. The molecule has 1 heterocycles. The van der Waals surface area contributed by atoms with Crippen molar-refractivity contribution in [2.75, 3.05) is 0 Å². The number of amides is 1. The van der Waals surface area contributed by atoms with Gasteiger partial charge in [-0.2, -0.15) is 5.10 Å². The van der Waals surface area contributed by atoms with Crippen LogP contribution in [0.1, 0.15) is 18.2 Å². The lowest BCUT2D eigenvalue weighted by atomic mass is 10.2. The van der Waals surface area contributed by atoms with Gasteiger partial charge in [0.2, 0.25) is 0 Å². The first kappa shape index (κ1) is 15.4. The van der Waals surface area contributed by atoms with Crippen LogP contribution in [0, 0.1) is 6.92 Å². The minimum Gasteiger partial charge on any atom is -0.481 e. The molecule has 0 radical (unpaired) electrons. The minimum absolute atomic E-state index is 0.182. The maximum atomic E-state index is 12.0. The van der Waals surface area contributed by atoms with Gasteiger partial charge < -0.3 is 10.1 Å². The molecule has 0 bridgehead atoms. The number of nitrogens with zero attached hydrogens (tertiary/aromatic N) is 2. The lowest BCUT2D eigenvalue weighted by molar-refractivity contribution is -0.127. The van der Waals surface area contributed by atoms with E-state index in [-0.39, 0.29) is 5.91 Å². The number of halogens is 1. The number of hydrogen-bond donors (Lipinski definition) is 1. The Balaban J connectivity index is 1.89. The zero-order valence-electron chi connectivity index (χ0n) is 12.3. The highest BCUT2D eigenvalue weighted by Crippen LogP contribution is 2.18. The van der Waals surface area contributed by atoms with Gasteiger partial charge in [0.1, 0.15) is 5.75 Å². The molecule has 1 aromatic heterocycles. The van der Waals surface area contributed by atoms with Crippen LogP contribution in [-0.4, -0.2) is 21.8 Å². The second-order valence-corrected chi connectivity index (χ2v) is 5.29. The Hall–Kier alpha value is -2.01. The van der Waals surface area contributed by atoms with Crippen molar-refractivity contribution in [1.29, 1.82) is 0 Å². The molecule has 0 fully saturated rings. The molecule has 0 spiro atoms. The standard InChI is InChI=1S/C15H18ClN3O2/c1-10-12(9-19(3)18-10)8-17-15(20)11(2)21-14-6-4-5-13(16)7-14/h4-7,9,11H,8H2,1-3H3,(H,17,20)/t11-/m0/s1. The quantitative estimate of drug-likeness (QED) is 0.923. The molecule has 0 saturated heterocycles. The smallest absolute Gasteiger partial charge is 0.261 e. The summed E-state index contributed by atoms with van der Waals surface area (Å²) in [5.74, 6) is 0.390. The van der Waals surface area contributed by atoms with Gasteiger partial charge in [-0.3, -0.25) is 9.48 Å². The number of aromatic nitrogens is 2. The van der Waals surface area contributed by atoms with Gasteiger partial charge in [-0.15, -0.1) is 0 Å². The maximum absolute atomic E-state index is 12.0. The largest absolute Gasteiger partial charge is 0.481 e. The van der Waals surface area contributed by atoms with Crippen LogP contribution in [0.4, 0.5) is 0 Å². The van der Waals surface area contributed by atoms with Crippen molar-refractivity contribution in [1.82, 2.24) is 15.1 Å². The monoisotopic (exact) mass is 307 g/mol. The summed E-state index contributed by atoms with van der Waals surface area (Å²) in [6.07, 6.45) is 1.29. The van der Waals surface area contributed by atoms with E-state index in [1.54, 1.807) is 35.9 Å². The van der Waals surface area contributed by atoms with Gasteiger partial charge in [0.25, 0.3) is 5.91 Å². The molecule has 0 aliphatic heterocycles. The molecule has 5 nitrogen and oxygen atoms in total. The lowest BCUT2D eigenvalue weighted by Crippen LogP contribution is -2.35. The summed E-state index contributed by atoms with van der Waals surface area (Å²) in [6, 6.07) is 6.98. The Labute approximate surface area is 128 Å². The molecular formula is C15H18ClN3O2. The predicted molar refractivity (Wildman–Crippen MR) is 81.3 cm³/mol. The van der Waals surface area contributed by atoms with E-state index in [9.17, 15) is 4.79 Å². The maximum Gasteiger partial charge on any atom is 0.261 e. The van der Waals surface area contributed by atoms with Crippen molar-refractivity contribution in [2.45, 2.75) is 26.5 Å². The highest BCUT2D eigenvalue weighted by Gasteiger charge is 2.15. The minimum atomic E-state index is -0.597. The third-order valence-corrected chi connectivity index (χ3v) is 3.28. The summed E-state index contributed by atoms with van der Waals surface area (Å²) in [6.45, 7) is 4.04. The van der Waals surface area contributed by atoms with Crippen LogP contribution in [0.25, 0.3) is 0 Å². The Morgan fingerprint density at radius 3 is 2.90 bits per heavy atom. The van der Waals surface area contributed by atoms with E-state index in [0.717, 1.165) is 11.3 Å². The van der Waals surface area contributed by atoms with Crippen LogP contribution >= 0.6 is 11.6 Å². The fourth-order valence-corrected chi connectivity index (χ4v) is 2.13. The predicted octanol–water partition coefficient (Wildman–Crippen LogP) is 2.47. The molecule has 1 amide bonds. The zero-order valence-corrected chi connectivity index (χ0v) is 13.0. The summed E-state index contributed by atoms with van der Waals surface area (Å²) in [4.78, 5) is 12.0. The normalized spacial score (nSPS) is 12.0. The number of carbonyl (C=O) groups excluding carboxylic acids is 1. The molecule has 0 unspecified atom stereocenters. The van der Waals surface area contributed by atoms with E-state index in [0.29, 0.717) is 17.3 Å². The molecule has 2 aromatic rings. The summed E-state index contributed by atoms with van der Waals surface area (Å²) in [5, 5.41) is 7.64. The summed E-state index contributed by atoms with van der Waals surface area (Å²) >= 11 is 5.88. The molecule has 1 atom stereocenters. The average molecular weight is 308 g/mol. The number of ether oxygens (including phenoxy) is 1. The Morgan fingerprint density at radius 2 is 2.29 bits per heavy atom. The van der Waals surface area contributed by atoms with Gasteiger partial charge in [-0.05, 0) is 32.0 Å². The Kier molecular flexibility index (Phi) is 4.85. The topological polar surface area (TPSA) is 56.2 Å². The van der Waals surface area contributed by atoms with E-state index in [4.69, 9.17) is 16.3 Å². The zero-order chi connectivity index (χ0) is 15.4. The fraction of sp³-hybridized carbons (Fsp3) is 0.333. The van der Waals surface area contributed by atoms with Crippen molar-refractivity contribution >= 4 is 17.5 Å². The van der Waals surface area contributed by atoms with E-state index >= 15 is 0 Å². The number of rotatable bonds is 5. The highest BCUT2D eigenvalue weighted by atomic mass is 35.5. The molecular weight excluding hydrogens is 290 g/mol. The van der Waals surface area contributed by atoms with Crippen LogP contribution in [0.2, 0.25) is 5.02 Å². The summed E-state index contributed by atoms with van der Waals surface area (Å²) in [7, 11) is 1.85. The van der Waals surface area contributed by atoms with Crippen LogP contribution < -0.4 is 10.1 Å². The van der Waals surface area contributed by atoms with Gasteiger partial charge >= 0.3 is 0 Å². The fourth-order valence-electron chi connectivity index (χ4n) is 1.95. The number of carbonyl (C=O) groups is 1. The molecule has 1 N–H and O–H groups in total. The van der Waals surface area contributed by atoms with Crippen molar-refractivity contribution in [2.24, 2.45) is 7.05 Å².